The number of hydrogen-bond donors (Lipinski definition) is 2. The molecule has 0 unspecified atom stereocenters. The predicted molar refractivity (Wildman–Crippen MR) is 98.1 cm³/mol. The number of ether oxygens (including phenoxy) is 1. The topological polar surface area (TPSA) is 88.3 Å². The summed E-state index contributed by atoms with van der Waals surface area (Å²) >= 11 is 0. The number of aromatic amines is 1. The molecular weight excluding hydrogens is 332 g/mol. The summed E-state index contributed by atoms with van der Waals surface area (Å²) in [6, 6.07) is 9.31. The van der Waals surface area contributed by atoms with Crippen LogP contribution in [0, 0.1) is 13.8 Å². The summed E-state index contributed by atoms with van der Waals surface area (Å²) in [6.07, 6.45) is -0.961. The fourth-order valence-electron chi connectivity index (χ4n) is 2.91. The van der Waals surface area contributed by atoms with Crippen molar-refractivity contribution < 1.29 is 19.1 Å². The SMILES string of the molecule is CC(=O)c1c(C)[nH]c(C(=O)O[C@@H](C)C(=O)N[C@@H](C)c2ccccc2)c1C. The zero-order valence-corrected chi connectivity index (χ0v) is 15.7. The van der Waals surface area contributed by atoms with Crippen LogP contribution in [0.2, 0.25) is 0 Å². The average Bonchev–Trinajstić information content (AvgIpc) is 2.90. The summed E-state index contributed by atoms with van der Waals surface area (Å²) in [5.74, 6) is -1.17. The van der Waals surface area contributed by atoms with Crippen molar-refractivity contribution in [3.05, 3.63) is 58.4 Å². The maximum absolute atomic E-state index is 12.4. The Kier molecular flexibility index (Phi) is 5.97. The summed E-state index contributed by atoms with van der Waals surface area (Å²) in [4.78, 5) is 39.2. The first-order valence-electron chi connectivity index (χ1n) is 8.48. The highest BCUT2D eigenvalue weighted by Crippen LogP contribution is 2.20. The highest BCUT2D eigenvalue weighted by atomic mass is 16.5. The molecule has 2 atom stereocenters. The van der Waals surface area contributed by atoms with Crippen LogP contribution in [-0.2, 0) is 9.53 Å². The van der Waals surface area contributed by atoms with Gasteiger partial charge in [0, 0.05) is 11.3 Å². The summed E-state index contributed by atoms with van der Waals surface area (Å²) in [6.45, 7) is 8.22. The molecular formula is C20H24N2O4. The molecule has 138 valence electrons. The maximum atomic E-state index is 12.4. The number of Topliss-reactive ketones (excluding diaryl/α,β-unsaturated/α-hetero) is 1. The van der Waals surface area contributed by atoms with E-state index in [1.165, 1.54) is 13.8 Å². The Morgan fingerprint density at radius 3 is 2.23 bits per heavy atom. The summed E-state index contributed by atoms with van der Waals surface area (Å²) in [7, 11) is 0. The van der Waals surface area contributed by atoms with E-state index in [-0.39, 0.29) is 23.4 Å². The largest absolute Gasteiger partial charge is 0.448 e. The van der Waals surface area contributed by atoms with Gasteiger partial charge in [-0.2, -0.15) is 0 Å². The lowest BCUT2D eigenvalue weighted by Crippen LogP contribution is -2.37. The van der Waals surface area contributed by atoms with E-state index in [1.54, 1.807) is 13.8 Å². The quantitative estimate of drug-likeness (QED) is 0.614. The second kappa shape index (κ2) is 7.99. The molecule has 0 saturated carbocycles. The van der Waals surface area contributed by atoms with Crippen molar-refractivity contribution in [2.75, 3.05) is 0 Å². The molecule has 0 aliphatic carbocycles. The van der Waals surface area contributed by atoms with Gasteiger partial charge in [-0.15, -0.1) is 0 Å². The maximum Gasteiger partial charge on any atom is 0.355 e. The van der Waals surface area contributed by atoms with Crippen molar-refractivity contribution in [1.82, 2.24) is 10.3 Å². The van der Waals surface area contributed by atoms with Crippen LogP contribution in [0.1, 0.15) is 64.5 Å². The zero-order chi connectivity index (χ0) is 19.4. The molecule has 2 rings (SSSR count). The van der Waals surface area contributed by atoms with Crippen molar-refractivity contribution in [3.8, 4) is 0 Å². The molecule has 2 N–H and O–H groups in total. The lowest BCUT2D eigenvalue weighted by atomic mass is 10.1. The number of hydrogen-bond acceptors (Lipinski definition) is 4. The Morgan fingerprint density at radius 1 is 1.08 bits per heavy atom. The van der Waals surface area contributed by atoms with Gasteiger partial charge in [-0.05, 0) is 45.7 Å². The molecule has 0 aliphatic rings. The van der Waals surface area contributed by atoms with Gasteiger partial charge in [-0.3, -0.25) is 9.59 Å². The zero-order valence-electron chi connectivity index (χ0n) is 15.7. The summed E-state index contributed by atoms with van der Waals surface area (Å²) in [5.41, 5.74) is 2.78. The number of rotatable bonds is 6. The molecule has 0 aliphatic heterocycles. The first kappa shape index (κ1) is 19.4. The number of aryl methyl sites for hydroxylation is 1. The van der Waals surface area contributed by atoms with E-state index in [9.17, 15) is 14.4 Å². The number of aromatic nitrogens is 1. The van der Waals surface area contributed by atoms with Gasteiger partial charge in [-0.1, -0.05) is 30.3 Å². The Bertz CT molecular complexity index is 824. The molecule has 1 aromatic carbocycles. The molecule has 1 amide bonds. The van der Waals surface area contributed by atoms with Crippen LogP contribution in [0.5, 0.6) is 0 Å². The van der Waals surface area contributed by atoms with Gasteiger partial charge in [0.1, 0.15) is 5.69 Å². The second-order valence-electron chi connectivity index (χ2n) is 6.37. The monoisotopic (exact) mass is 356 g/mol. The van der Waals surface area contributed by atoms with E-state index >= 15 is 0 Å². The van der Waals surface area contributed by atoms with Crippen LogP contribution in [0.3, 0.4) is 0 Å². The molecule has 1 heterocycles. The van der Waals surface area contributed by atoms with E-state index in [1.807, 2.05) is 37.3 Å². The number of H-pyrrole nitrogens is 1. The molecule has 1 aromatic heterocycles. The first-order chi connectivity index (χ1) is 12.2. The fourth-order valence-corrected chi connectivity index (χ4v) is 2.91. The lowest BCUT2D eigenvalue weighted by molar-refractivity contribution is -0.129. The smallest absolute Gasteiger partial charge is 0.355 e. The number of amides is 1. The fraction of sp³-hybridized carbons (Fsp3) is 0.350. The average molecular weight is 356 g/mol. The van der Waals surface area contributed by atoms with Crippen LogP contribution in [0.15, 0.2) is 30.3 Å². The number of ketones is 1. The Hall–Kier alpha value is -2.89. The van der Waals surface area contributed by atoms with Crippen molar-refractivity contribution in [3.63, 3.8) is 0 Å². The van der Waals surface area contributed by atoms with Crippen molar-refractivity contribution >= 4 is 17.7 Å². The Balaban J connectivity index is 2.04. The van der Waals surface area contributed by atoms with Crippen LogP contribution >= 0.6 is 0 Å². The van der Waals surface area contributed by atoms with Gasteiger partial charge < -0.3 is 15.0 Å². The van der Waals surface area contributed by atoms with Crippen LogP contribution in [0.25, 0.3) is 0 Å². The van der Waals surface area contributed by atoms with E-state index in [0.717, 1.165) is 5.56 Å². The Morgan fingerprint density at radius 2 is 1.69 bits per heavy atom. The van der Waals surface area contributed by atoms with Gasteiger partial charge in [0.25, 0.3) is 5.91 Å². The summed E-state index contributed by atoms with van der Waals surface area (Å²) in [5, 5.41) is 2.82. The molecule has 2 aromatic rings. The van der Waals surface area contributed by atoms with Gasteiger partial charge in [0.15, 0.2) is 11.9 Å². The highest BCUT2D eigenvalue weighted by Gasteiger charge is 2.25. The Labute approximate surface area is 152 Å². The number of esters is 1. The molecule has 6 nitrogen and oxygen atoms in total. The third-order valence-corrected chi connectivity index (χ3v) is 4.31. The molecule has 0 bridgehead atoms. The minimum atomic E-state index is -0.961. The summed E-state index contributed by atoms with van der Waals surface area (Å²) < 4.78 is 5.27. The van der Waals surface area contributed by atoms with Gasteiger partial charge in [-0.25, -0.2) is 4.79 Å². The van der Waals surface area contributed by atoms with Crippen molar-refractivity contribution in [2.24, 2.45) is 0 Å². The minimum absolute atomic E-state index is 0.127. The minimum Gasteiger partial charge on any atom is -0.448 e. The first-order valence-corrected chi connectivity index (χ1v) is 8.48. The van der Waals surface area contributed by atoms with E-state index in [2.05, 4.69) is 10.3 Å². The van der Waals surface area contributed by atoms with Crippen molar-refractivity contribution in [1.29, 1.82) is 0 Å². The normalized spacial score (nSPS) is 13.0. The van der Waals surface area contributed by atoms with Crippen molar-refractivity contribution in [2.45, 2.75) is 46.8 Å². The van der Waals surface area contributed by atoms with E-state index in [0.29, 0.717) is 16.8 Å². The highest BCUT2D eigenvalue weighted by molar-refractivity contribution is 6.01. The second-order valence-corrected chi connectivity index (χ2v) is 6.37. The van der Waals surface area contributed by atoms with Gasteiger partial charge in [0.05, 0.1) is 6.04 Å². The molecule has 0 spiro atoms. The lowest BCUT2D eigenvalue weighted by Gasteiger charge is -2.18. The van der Waals surface area contributed by atoms with Crippen LogP contribution in [-0.4, -0.2) is 28.7 Å². The third-order valence-electron chi connectivity index (χ3n) is 4.31. The molecule has 0 fully saturated rings. The standard InChI is InChI=1S/C20H24N2O4/c1-11-17(14(4)23)13(3)21-18(11)20(25)26-15(5)19(24)22-12(2)16-9-7-6-8-10-16/h6-10,12,15,21H,1-5H3,(H,22,24)/t12-,15-/m0/s1. The van der Waals surface area contributed by atoms with Gasteiger partial charge in [0.2, 0.25) is 0 Å². The number of carbonyl (C=O) groups is 3. The van der Waals surface area contributed by atoms with Gasteiger partial charge >= 0.3 is 5.97 Å². The van der Waals surface area contributed by atoms with E-state index < -0.39 is 12.1 Å². The number of nitrogens with one attached hydrogen (secondary N) is 2. The van der Waals surface area contributed by atoms with E-state index in [4.69, 9.17) is 4.74 Å². The molecule has 0 radical (unpaired) electrons. The molecule has 26 heavy (non-hydrogen) atoms. The molecule has 6 heteroatoms. The van der Waals surface area contributed by atoms with Crippen LogP contribution < -0.4 is 5.32 Å². The van der Waals surface area contributed by atoms with Crippen LogP contribution in [0.4, 0.5) is 0 Å². The third kappa shape index (κ3) is 4.20. The molecule has 0 saturated heterocycles. The number of benzene rings is 1. The number of carbonyl (C=O) groups excluding carboxylic acids is 3. The predicted octanol–water partition coefficient (Wildman–Crippen LogP) is 3.26.